The fourth-order valence-corrected chi connectivity index (χ4v) is 1.31. The minimum atomic E-state index is -4.56. The van der Waals surface area contributed by atoms with E-state index in [-0.39, 0.29) is 16.3 Å². The Morgan fingerprint density at radius 1 is 1.36 bits per heavy atom. The summed E-state index contributed by atoms with van der Waals surface area (Å²) < 4.78 is 37.1. The van der Waals surface area contributed by atoms with Crippen LogP contribution >= 0.6 is 11.6 Å². The van der Waals surface area contributed by atoms with Crippen molar-refractivity contribution in [2.24, 2.45) is 0 Å². The molecular formula is C8H7ClF3NO. The summed E-state index contributed by atoms with van der Waals surface area (Å²) in [7, 11) is 0. The smallest absolute Gasteiger partial charge is 0.398 e. The van der Waals surface area contributed by atoms with E-state index in [9.17, 15) is 13.2 Å². The Bertz CT molecular complexity index is 351. The minimum absolute atomic E-state index is 0.105. The van der Waals surface area contributed by atoms with E-state index in [0.29, 0.717) is 0 Å². The molecule has 0 unspecified atom stereocenters. The van der Waals surface area contributed by atoms with E-state index in [1.54, 1.807) is 0 Å². The van der Waals surface area contributed by atoms with Crippen molar-refractivity contribution >= 4 is 17.3 Å². The van der Waals surface area contributed by atoms with Crippen LogP contribution in [0, 0.1) is 0 Å². The van der Waals surface area contributed by atoms with Gasteiger partial charge in [0.1, 0.15) is 0 Å². The van der Waals surface area contributed by atoms with E-state index in [0.717, 1.165) is 6.07 Å². The van der Waals surface area contributed by atoms with Crippen LogP contribution in [-0.4, -0.2) is 5.11 Å². The average Bonchev–Trinajstić information content (AvgIpc) is 2.01. The third-order valence-corrected chi connectivity index (χ3v) is 1.93. The van der Waals surface area contributed by atoms with E-state index in [4.69, 9.17) is 22.4 Å². The van der Waals surface area contributed by atoms with Crippen LogP contribution in [0.4, 0.5) is 18.9 Å². The van der Waals surface area contributed by atoms with E-state index in [2.05, 4.69) is 0 Å². The van der Waals surface area contributed by atoms with Gasteiger partial charge in [0.2, 0.25) is 0 Å². The van der Waals surface area contributed by atoms with Gasteiger partial charge in [-0.2, -0.15) is 13.2 Å². The van der Waals surface area contributed by atoms with Gasteiger partial charge in [0, 0.05) is 16.3 Å². The number of nitrogen functional groups attached to an aromatic ring is 1. The first-order valence-electron chi connectivity index (χ1n) is 3.62. The highest BCUT2D eigenvalue weighted by Gasteiger charge is 2.34. The predicted octanol–water partition coefficient (Wildman–Crippen LogP) is 2.43. The summed E-state index contributed by atoms with van der Waals surface area (Å²) in [6, 6.07) is 1.91. The topological polar surface area (TPSA) is 46.2 Å². The number of anilines is 1. The fourth-order valence-electron chi connectivity index (χ4n) is 1.09. The molecule has 0 amide bonds. The number of hydrogen-bond acceptors (Lipinski definition) is 2. The quantitative estimate of drug-likeness (QED) is 0.721. The first kappa shape index (κ1) is 11.1. The number of halogens is 4. The number of rotatable bonds is 1. The standard InChI is InChI=1S/C8H7ClF3NO/c9-4-1-6(8(10,11)12)5(3-14)7(13)2-4/h1-2,14H,3,13H2. The SMILES string of the molecule is Nc1cc(Cl)cc(C(F)(F)F)c1CO. The second-order valence-electron chi connectivity index (χ2n) is 2.68. The Hall–Kier alpha value is -0.940. The van der Waals surface area contributed by atoms with E-state index < -0.39 is 18.3 Å². The molecule has 0 aromatic heterocycles. The summed E-state index contributed by atoms with van der Waals surface area (Å²) in [6.45, 7) is -0.766. The molecule has 0 fully saturated rings. The molecule has 1 aromatic carbocycles. The number of benzene rings is 1. The highest BCUT2D eigenvalue weighted by molar-refractivity contribution is 6.31. The molecule has 0 saturated carbocycles. The van der Waals surface area contributed by atoms with Crippen LogP contribution in [0.5, 0.6) is 0 Å². The molecule has 0 aliphatic rings. The van der Waals surface area contributed by atoms with Gasteiger partial charge in [0.25, 0.3) is 0 Å². The normalized spacial score (nSPS) is 11.8. The van der Waals surface area contributed by atoms with Crippen LogP contribution in [0.25, 0.3) is 0 Å². The Kier molecular flexibility index (Phi) is 2.92. The maximum Gasteiger partial charge on any atom is 0.416 e. The second kappa shape index (κ2) is 3.67. The second-order valence-corrected chi connectivity index (χ2v) is 3.11. The van der Waals surface area contributed by atoms with Gasteiger partial charge in [-0.05, 0) is 12.1 Å². The van der Waals surface area contributed by atoms with E-state index in [1.165, 1.54) is 6.07 Å². The van der Waals surface area contributed by atoms with Crippen LogP contribution < -0.4 is 5.73 Å². The van der Waals surface area contributed by atoms with Crippen LogP contribution in [0.2, 0.25) is 5.02 Å². The average molecular weight is 226 g/mol. The third kappa shape index (κ3) is 2.10. The van der Waals surface area contributed by atoms with Gasteiger partial charge < -0.3 is 10.8 Å². The molecule has 0 radical (unpaired) electrons. The third-order valence-electron chi connectivity index (χ3n) is 1.71. The zero-order valence-corrected chi connectivity index (χ0v) is 7.65. The van der Waals surface area contributed by atoms with Gasteiger partial charge >= 0.3 is 6.18 Å². The maximum atomic E-state index is 12.4. The van der Waals surface area contributed by atoms with E-state index in [1.807, 2.05) is 0 Å². The molecule has 0 bridgehead atoms. The van der Waals surface area contributed by atoms with Crippen molar-refractivity contribution in [1.29, 1.82) is 0 Å². The number of aliphatic hydroxyl groups is 1. The first-order valence-corrected chi connectivity index (χ1v) is 4.00. The fraction of sp³-hybridized carbons (Fsp3) is 0.250. The van der Waals surface area contributed by atoms with Crippen molar-refractivity contribution < 1.29 is 18.3 Å². The summed E-state index contributed by atoms with van der Waals surface area (Å²) in [5, 5.41) is 8.63. The highest BCUT2D eigenvalue weighted by Crippen LogP contribution is 2.36. The molecular weight excluding hydrogens is 219 g/mol. The van der Waals surface area contributed by atoms with Gasteiger partial charge in [0.05, 0.1) is 12.2 Å². The molecule has 0 aliphatic carbocycles. The molecule has 14 heavy (non-hydrogen) atoms. The van der Waals surface area contributed by atoms with E-state index >= 15 is 0 Å². The Morgan fingerprint density at radius 3 is 2.36 bits per heavy atom. The van der Waals surface area contributed by atoms with Crippen LogP contribution in [0.15, 0.2) is 12.1 Å². The molecule has 2 nitrogen and oxygen atoms in total. The van der Waals surface area contributed by atoms with Crippen LogP contribution in [0.3, 0.4) is 0 Å². The lowest BCUT2D eigenvalue weighted by atomic mass is 10.1. The molecule has 0 heterocycles. The van der Waals surface area contributed by atoms with Gasteiger partial charge in [-0.3, -0.25) is 0 Å². The van der Waals surface area contributed by atoms with Crippen LogP contribution in [0.1, 0.15) is 11.1 Å². The zero-order valence-electron chi connectivity index (χ0n) is 6.90. The summed E-state index contributed by atoms with van der Waals surface area (Å²) in [4.78, 5) is 0. The summed E-state index contributed by atoms with van der Waals surface area (Å²) in [5.41, 5.74) is 3.78. The lowest BCUT2D eigenvalue weighted by molar-refractivity contribution is -0.138. The zero-order chi connectivity index (χ0) is 10.9. The van der Waals surface area contributed by atoms with Gasteiger partial charge in [0.15, 0.2) is 0 Å². The number of alkyl halides is 3. The first-order chi connectivity index (χ1) is 6.36. The van der Waals surface area contributed by atoms with Crippen molar-refractivity contribution in [2.45, 2.75) is 12.8 Å². The molecule has 1 aromatic rings. The van der Waals surface area contributed by atoms with Crippen molar-refractivity contribution in [3.05, 3.63) is 28.3 Å². The Labute approximate surface area is 83.1 Å². The largest absolute Gasteiger partial charge is 0.416 e. The predicted molar refractivity (Wildman–Crippen MR) is 46.8 cm³/mol. The molecule has 6 heteroatoms. The molecule has 0 aliphatic heterocycles. The lowest BCUT2D eigenvalue weighted by Gasteiger charge is -2.13. The molecule has 0 saturated heterocycles. The van der Waals surface area contributed by atoms with Crippen molar-refractivity contribution in [2.75, 3.05) is 5.73 Å². The van der Waals surface area contributed by atoms with Gasteiger partial charge in [-0.25, -0.2) is 0 Å². The van der Waals surface area contributed by atoms with Gasteiger partial charge in [-0.1, -0.05) is 11.6 Å². The summed E-state index contributed by atoms with van der Waals surface area (Å²) >= 11 is 5.42. The van der Waals surface area contributed by atoms with Crippen molar-refractivity contribution in [3.8, 4) is 0 Å². The highest BCUT2D eigenvalue weighted by atomic mass is 35.5. The van der Waals surface area contributed by atoms with Crippen molar-refractivity contribution in [1.82, 2.24) is 0 Å². The monoisotopic (exact) mass is 225 g/mol. The Morgan fingerprint density at radius 2 is 1.93 bits per heavy atom. The molecule has 3 N–H and O–H groups in total. The minimum Gasteiger partial charge on any atom is -0.398 e. The number of aliphatic hydroxyl groups excluding tert-OH is 1. The molecule has 0 atom stereocenters. The number of nitrogens with two attached hydrogens (primary N) is 1. The van der Waals surface area contributed by atoms with Crippen LogP contribution in [-0.2, 0) is 12.8 Å². The number of hydrogen-bond donors (Lipinski definition) is 2. The molecule has 1 rings (SSSR count). The summed E-state index contributed by atoms with van der Waals surface area (Å²) in [5.74, 6) is 0. The molecule has 0 spiro atoms. The maximum absolute atomic E-state index is 12.4. The van der Waals surface area contributed by atoms with Gasteiger partial charge in [-0.15, -0.1) is 0 Å². The summed E-state index contributed by atoms with van der Waals surface area (Å²) in [6.07, 6.45) is -4.56. The van der Waals surface area contributed by atoms with Crippen molar-refractivity contribution in [3.63, 3.8) is 0 Å². The molecule has 78 valence electrons. The lowest BCUT2D eigenvalue weighted by Crippen LogP contribution is -2.11. The Balaban J connectivity index is 3.40.